The molecule has 2 rings (SSSR count). The van der Waals surface area contributed by atoms with Crippen LogP contribution in [-0.2, 0) is 0 Å². The third-order valence-electron chi connectivity index (χ3n) is 3.18. The monoisotopic (exact) mass is 249 g/mol. The van der Waals surface area contributed by atoms with Gasteiger partial charge < -0.3 is 10.7 Å². The molecule has 1 amide bonds. The maximum Gasteiger partial charge on any atom is 0.271 e. The summed E-state index contributed by atoms with van der Waals surface area (Å²) in [5.74, 6) is 6.26. The molecule has 0 aromatic carbocycles. The number of carbonyl (C=O) groups excluding carboxylic acids is 1. The Labute approximate surface area is 106 Å². The number of hydrogen-bond acceptors (Lipinski definition) is 5. The van der Waals surface area contributed by atoms with Gasteiger partial charge >= 0.3 is 0 Å². The van der Waals surface area contributed by atoms with Crippen LogP contribution in [0, 0.1) is 5.92 Å². The lowest BCUT2D eigenvalue weighted by Crippen LogP contribution is -2.35. The van der Waals surface area contributed by atoms with E-state index in [9.17, 15) is 4.79 Å². The summed E-state index contributed by atoms with van der Waals surface area (Å²) in [7, 11) is 0. The Kier molecular flexibility index (Phi) is 4.09. The molecule has 0 saturated heterocycles. The Hall–Kier alpha value is -1.69. The first-order valence-corrected chi connectivity index (χ1v) is 6.32. The molecule has 1 aliphatic carbocycles. The van der Waals surface area contributed by atoms with Gasteiger partial charge in [0.05, 0.1) is 12.4 Å². The summed E-state index contributed by atoms with van der Waals surface area (Å²) in [6, 6.07) is 0.235. The largest absolute Gasteiger partial charge is 0.348 e. The highest BCUT2D eigenvalue weighted by Crippen LogP contribution is 2.34. The molecule has 0 spiro atoms. The summed E-state index contributed by atoms with van der Waals surface area (Å²) >= 11 is 0. The smallest absolute Gasteiger partial charge is 0.271 e. The molecule has 98 valence electrons. The molecule has 0 aliphatic heterocycles. The maximum absolute atomic E-state index is 12.0. The minimum Gasteiger partial charge on any atom is -0.348 e. The van der Waals surface area contributed by atoms with Crippen LogP contribution in [0.2, 0.25) is 0 Å². The standard InChI is InChI=1S/C12H19N5O/c1-2-9(5-8-3-4-8)16-12(18)10-6-15-11(17-13)7-14-10/h6-9H,2-5,13H2,1H3,(H,15,17)(H,16,18). The van der Waals surface area contributed by atoms with Gasteiger partial charge in [-0.25, -0.2) is 15.8 Å². The summed E-state index contributed by atoms with van der Waals surface area (Å²) < 4.78 is 0. The van der Waals surface area contributed by atoms with Gasteiger partial charge in [0.1, 0.15) is 5.69 Å². The summed E-state index contributed by atoms with van der Waals surface area (Å²) in [6.07, 6.45) is 7.47. The maximum atomic E-state index is 12.0. The van der Waals surface area contributed by atoms with Crippen LogP contribution in [0.15, 0.2) is 12.4 Å². The van der Waals surface area contributed by atoms with E-state index in [1.54, 1.807) is 0 Å². The zero-order valence-corrected chi connectivity index (χ0v) is 10.5. The molecule has 1 heterocycles. The predicted octanol–water partition coefficient (Wildman–Crippen LogP) is 1.07. The first kappa shape index (κ1) is 12.8. The van der Waals surface area contributed by atoms with Gasteiger partial charge in [0.15, 0.2) is 5.82 Å². The van der Waals surface area contributed by atoms with Gasteiger partial charge in [-0.15, -0.1) is 0 Å². The lowest BCUT2D eigenvalue weighted by molar-refractivity contribution is 0.0927. The topological polar surface area (TPSA) is 92.9 Å². The Balaban J connectivity index is 1.91. The van der Waals surface area contributed by atoms with Crippen molar-refractivity contribution < 1.29 is 4.79 Å². The number of anilines is 1. The van der Waals surface area contributed by atoms with Gasteiger partial charge in [-0.1, -0.05) is 19.8 Å². The van der Waals surface area contributed by atoms with Crippen molar-refractivity contribution in [1.82, 2.24) is 15.3 Å². The zero-order valence-electron chi connectivity index (χ0n) is 10.5. The van der Waals surface area contributed by atoms with Crippen LogP contribution in [0.5, 0.6) is 0 Å². The summed E-state index contributed by atoms with van der Waals surface area (Å²) in [4.78, 5) is 19.9. The number of nitrogens with zero attached hydrogens (tertiary/aromatic N) is 2. The Bertz CT molecular complexity index is 401. The molecule has 1 aromatic heterocycles. The summed E-state index contributed by atoms with van der Waals surface area (Å²) in [5, 5.41) is 3.00. The van der Waals surface area contributed by atoms with Crippen molar-refractivity contribution in [3.8, 4) is 0 Å². The molecule has 1 fully saturated rings. The van der Waals surface area contributed by atoms with E-state index in [2.05, 4.69) is 27.6 Å². The first-order valence-electron chi connectivity index (χ1n) is 6.32. The van der Waals surface area contributed by atoms with Crippen molar-refractivity contribution in [2.75, 3.05) is 5.43 Å². The number of amides is 1. The number of nitrogens with two attached hydrogens (primary N) is 1. The van der Waals surface area contributed by atoms with Gasteiger partial charge in [0.2, 0.25) is 0 Å². The first-order chi connectivity index (χ1) is 8.72. The van der Waals surface area contributed by atoms with Gasteiger partial charge in [-0.05, 0) is 18.8 Å². The number of aromatic nitrogens is 2. The molecular weight excluding hydrogens is 230 g/mol. The van der Waals surface area contributed by atoms with Crippen LogP contribution in [0.1, 0.15) is 43.1 Å². The molecule has 0 radical (unpaired) electrons. The number of carbonyl (C=O) groups is 1. The van der Waals surface area contributed by atoms with E-state index in [0.29, 0.717) is 11.5 Å². The number of rotatable bonds is 6. The molecule has 1 atom stereocenters. The van der Waals surface area contributed by atoms with E-state index < -0.39 is 0 Å². The molecule has 6 nitrogen and oxygen atoms in total. The van der Waals surface area contributed by atoms with Crippen LogP contribution in [-0.4, -0.2) is 21.9 Å². The van der Waals surface area contributed by atoms with Gasteiger partial charge in [-0.3, -0.25) is 4.79 Å². The quantitative estimate of drug-likeness (QED) is 0.518. The molecular formula is C12H19N5O. The highest BCUT2D eigenvalue weighted by atomic mass is 16.1. The summed E-state index contributed by atoms with van der Waals surface area (Å²) in [5.41, 5.74) is 2.70. The SMILES string of the molecule is CCC(CC1CC1)NC(=O)c1cnc(NN)cn1. The summed E-state index contributed by atoms with van der Waals surface area (Å²) in [6.45, 7) is 2.08. The molecule has 1 unspecified atom stereocenters. The van der Waals surface area contributed by atoms with Crippen molar-refractivity contribution in [2.45, 2.75) is 38.6 Å². The van der Waals surface area contributed by atoms with Crippen LogP contribution in [0.4, 0.5) is 5.82 Å². The zero-order chi connectivity index (χ0) is 13.0. The second-order valence-corrected chi connectivity index (χ2v) is 4.69. The second kappa shape index (κ2) is 5.77. The van der Waals surface area contributed by atoms with Crippen LogP contribution in [0.3, 0.4) is 0 Å². The molecule has 1 aliphatic rings. The van der Waals surface area contributed by atoms with E-state index in [4.69, 9.17) is 5.84 Å². The lowest BCUT2D eigenvalue weighted by atomic mass is 10.1. The molecule has 4 N–H and O–H groups in total. The van der Waals surface area contributed by atoms with E-state index in [1.807, 2.05) is 0 Å². The Morgan fingerprint density at radius 3 is 2.78 bits per heavy atom. The van der Waals surface area contributed by atoms with E-state index >= 15 is 0 Å². The third-order valence-corrected chi connectivity index (χ3v) is 3.18. The van der Waals surface area contributed by atoms with E-state index in [0.717, 1.165) is 18.8 Å². The molecule has 1 aromatic rings. The van der Waals surface area contributed by atoms with Crippen LogP contribution < -0.4 is 16.6 Å². The van der Waals surface area contributed by atoms with Gasteiger partial charge in [-0.2, -0.15) is 0 Å². The van der Waals surface area contributed by atoms with Gasteiger partial charge in [0.25, 0.3) is 5.91 Å². The number of hydrogen-bond donors (Lipinski definition) is 3. The van der Waals surface area contributed by atoms with Crippen molar-refractivity contribution in [3.05, 3.63) is 18.1 Å². The number of nitrogens with one attached hydrogen (secondary N) is 2. The number of hydrazine groups is 1. The second-order valence-electron chi connectivity index (χ2n) is 4.69. The molecule has 6 heteroatoms. The lowest BCUT2D eigenvalue weighted by Gasteiger charge is -2.16. The highest BCUT2D eigenvalue weighted by Gasteiger charge is 2.25. The average molecular weight is 249 g/mol. The normalized spacial score (nSPS) is 16.1. The van der Waals surface area contributed by atoms with Crippen LogP contribution >= 0.6 is 0 Å². The Morgan fingerprint density at radius 1 is 1.50 bits per heavy atom. The van der Waals surface area contributed by atoms with Crippen molar-refractivity contribution in [3.63, 3.8) is 0 Å². The third kappa shape index (κ3) is 3.40. The Morgan fingerprint density at radius 2 is 2.28 bits per heavy atom. The van der Waals surface area contributed by atoms with Crippen molar-refractivity contribution in [1.29, 1.82) is 0 Å². The molecule has 18 heavy (non-hydrogen) atoms. The van der Waals surface area contributed by atoms with Gasteiger partial charge in [0, 0.05) is 6.04 Å². The predicted molar refractivity (Wildman–Crippen MR) is 68.7 cm³/mol. The highest BCUT2D eigenvalue weighted by molar-refractivity contribution is 5.92. The average Bonchev–Trinajstić information content (AvgIpc) is 3.22. The fourth-order valence-corrected chi connectivity index (χ4v) is 1.86. The van der Waals surface area contributed by atoms with Crippen LogP contribution in [0.25, 0.3) is 0 Å². The van der Waals surface area contributed by atoms with Crippen molar-refractivity contribution >= 4 is 11.7 Å². The fourth-order valence-electron chi connectivity index (χ4n) is 1.86. The number of nitrogen functional groups attached to an aromatic ring is 1. The van der Waals surface area contributed by atoms with Crippen molar-refractivity contribution in [2.24, 2.45) is 11.8 Å². The minimum atomic E-state index is -0.168. The van der Waals surface area contributed by atoms with E-state index in [1.165, 1.54) is 25.2 Å². The minimum absolute atomic E-state index is 0.168. The fraction of sp³-hybridized carbons (Fsp3) is 0.583. The molecule has 1 saturated carbocycles. The van der Waals surface area contributed by atoms with E-state index in [-0.39, 0.29) is 11.9 Å². The molecule has 0 bridgehead atoms.